The summed E-state index contributed by atoms with van der Waals surface area (Å²) < 4.78 is 5.46. The summed E-state index contributed by atoms with van der Waals surface area (Å²) in [4.78, 5) is 10.3. The molecule has 0 amide bonds. The van der Waals surface area contributed by atoms with Crippen molar-refractivity contribution in [3.63, 3.8) is 0 Å². The predicted molar refractivity (Wildman–Crippen MR) is 68.1 cm³/mol. The maximum Gasteiger partial charge on any atom is 0.303 e. The lowest BCUT2D eigenvalue weighted by Gasteiger charge is -2.06. The van der Waals surface area contributed by atoms with Crippen LogP contribution in [0.3, 0.4) is 0 Å². The Bertz CT molecular complexity index is 380. The van der Waals surface area contributed by atoms with E-state index in [-0.39, 0.29) is 6.42 Å². The van der Waals surface area contributed by atoms with Crippen LogP contribution in [0.25, 0.3) is 0 Å². The monoisotopic (exact) mass is 276 g/mol. The van der Waals surface area contributed by atoms with Crippen molar-refractivity contribution in [2.24, 2.45) is 0 Å². The number of carbonyl (C=O) groups is 1. The second-order valence-electron chi connectivity index (χ2n) is 3.63. The van der Waals surface area contributed by atoms with Crippen LogP contribution in [0.5, 0.6) is 5.75 Å². The summed E-state index contributed by atoms with van der Waals surface area (Å²) in [6.45, 7) is 0.553. The Morgan fingerprint density at radius 3 is 2.59 bits per heavy atom. The normalized spacial score (nSPS) is 10.2. The molecule has 0 fully saturated rings. The number of benzene rings is 1. The topological polar surface area (TPSA) is 46.5 Å². The third-order valence-electron chi connectivity index (χ3n) is 2.19. The standard InChI is InChI=1S/C12H14Cl2O3/c13-10-6-5-9(8-11(10)14)17-7-3-1-2-4-12(15)16/h5-6,8H,1-4,7H2,(H,15,16). The summed E-state index contributed by atoms with van der Waals surface area (Å²) in [5, 5.41) is 9.41. The Hall–Kier alpha value is -0.930. The summed E-state index contributed by atoms with van der Waals surface area (Å²) in [5.41, 5.74) is 0. The van der Waals surface area contributed by atoms with Crippen LogP contribution in [0.15, 0.2) is 18.2 Å². The molecule has 0 unspecified atom stereocenters. The minimum Gasteiger partial charge on any atom is -0.494 e. The maximum absolute atomic E-state index is 10.3. The second-order valence-corrected chi connectivity index (χ2v) is 4.44. The van der Waals surface area contributed by atoms with E-state index >= 15 is 0 Å². The first-order valence-electron chi connectivity index (χ1n) is 5.39. The van der Waals surface area contributed by atoms with Gasteiger partial charge in [-0.3, -0.25) is 4.79 Å². The number of ether oxygens (including phenoxy) is 1. The van der Waals surface area contributed by atoms with E-state index in [1.165, 1.54) is 0 Å². The van der Waals surface area contributed by atoms with Crippen LogP contribution < -0.4 is 4.74 Å². The molecule has 17 heavy (non-hydrogen) atoms. The Morgan fingerprint density at radius 1 is 1.18 bits per heavy atom. The van der Waals surface area contributed by atoms with Crippen LogP contribution in [0.1, 0.15) is 25.7 Å². The molecule has 1 N–H and O–H groups in total. The highest BCUT2D eigenvalue weighted by Gasteiger charge is 2.00. The zero-order chi connectivity index (χ0) is 12.7. The van der Waals surface area contributed by atoms with Crippen molar-refractivity contribution in [2.45, 2.75) is 25.7 Å². The predicted octanol–water partition coefficient (Wildman–Crippen LogP) is 4.02. The Kier molecular flexibility index (Phi) is 6.16. The van der Waals surface area contributed by atoms with Crippen molar-refractivity contribution in [2.75, 3.05) is 6.61 Å². The van der Waals surface area contributed by atoms with Crippen molar-refractivity contribution in [3.05, 3.63) is 28.2 Å². The Balaban J connectivity index is 2.18. The summed E-state index contributed by atoms with van der Waals surface area (Å²) in [6, 6.07) is 5.11. The van der Waals surface area contributed by atoms with Gasteiger partial charge in [0.25, 0.3) is 0 Å². The Morgan fingerprint density at radius 2 is 1.94 bits per heavy atom. The fourth-order valence-corrected chi connectivity index (χ4v) is 1.60. The van der Waals surface area contributed by atoms with Crippen LogP contribution in [-0.4, -0.2) is 17.7 Å². The first-order valence-corrected chi connectivity index (χ1v) is 6.15. The van der Waals surface area contributed by atoms with Gasteiger partial charge in [0.05, 0.1) is 16.7 Å². The lowest BCUT2D eigenvalue weighted by molar-refractivity contribution is -0.137. The van der Waals surface area contributed by atoms with Gasteiger partial charge in [-0.2, -0.15) is 0 Å². The largest absolute Gasteiger partial charge is 0.494 e. The van der Waals surface area contributed by atoms with Crippen molar-refractivity contribution in [3.8, 4) is 5.75 Å². The molecule has 0 heterocycles. The van der Waals surface area contributed by atoms with Gasteiger partial charge in [-0.15, -0.1) is 0 Å². The molecule has 0 bridgehead atoms. The molecule has 0 aliphatic heterocycles. The number of hydrogen-bond acceptors (Lipinski definition) is 2. The van der Waals surface area contributed by atoms with Gasteiger partial charge in [0.1, 0.15) is 5.75 Å². The smallest absolute Gasteiger partial charge is 0.303 e. The summed E-state index contributed by atoms with van der Waals surface area (Å²) in [5.74, 6) is -0.0759. The van der Waals surface area contributed by atoms with Gasteiger partial charge in [0, 0.05) is 12.5 Å². The number of aliphatic carboxylic acids is 1. The van der Waals surface area contributed by atoms with Gasteiger partial charge in [0.15, 0.2) is 0 Å². The first kappa shape index (κ1) is 14.1. The van der Waals surface area contributed by atoms with Gasteiger partial charge >= 0.3 is 5.97 Å². The molecular weight excluding hydrogens is 263 g/mol. The second kappa shape index (κ2) is 7.41. The van der Waals surface area contributed by atoms with Gasteiger partial charge in [-0.25, -0.2) is 0 Å². The van der Waals surface area contributed by atoms with Gasteiger partial charge in [0.2, 0.25) is 0 Å². The Labute approximate surface area is 110 Å². The molecule has 5 heteroatoms. The molecule has 0 spiro atoms. The molecule has 1 aromatic carbocycles. The molecule has 3 nitrogen and oxygen atoms in total. The van der Waals surface area contributed by atoms with E-state index in [0.29, 0.717) is 28.8 Å². The summed E-state index contributed by atoms with van der Waals surface area (Å²) in [7, 11) is 0. The lowest BCUT2D eigenvalue weighted by atomic mass is 10.2. The van der Waals surface area contributed by atoms with Crippen molar-refractivity contribution < 1.29 is 14.6 Å². The highest BCUT2D eigenvalue weighted by Crippen LogP contribution is 2.26. The molecule has 1 rings (SSSR count). The van der Waals surface area contributed by atoms with Crippen molar-refractivity contribution >= 4 is 29.2 Å². The number of halogens is 2. The van der Waals surface area contributed by atoms with Gasteiger partial charge in [-0.05, 0) is 31.4 Å². The van der Waals surface area contributed by atoms with E-state index in [4.69, 9.17) is 33.0 Å². The number of unbranched alkanes of at least 4 members (excludes halogenated alkanes) is 2. The fourth-order valence-electron chi connectivity index (χ4n) is 1.31. The molecule has 0 aromatic heterocycles. The molecule has 94 valence electrons. The third-order valence-corrected chi connectivity index (χ3v) is 2.93. The van der Waals surface area contributed by atoms with E-state index in [9.17, 15) is 4.79 Å². The first-order chi connectivity index (χ1) is 8.09. The molecule has 0 saturated heterocycles. The molecular formula is C12H14Cl2O3. The number of carboxylic acid groups (broad SMARTS) is 1. The molecule has 0 aliphatic carbocycles. The maximum atomic E-state index is 10.3. The van der Waals surface area contributed by atoms with E-state index in [0.717, 1.165) is 12.8 Å². The zero-order valence-corrected chi connectivity index (χ0v) is 10.8. The average Bonchev–Trinajstić information content (AvgIpc) is 2.27. The zero-order valence-electron chi connectivity index (χ0n) is 9.29. The van der Waals surface area contributed by atoms with E-state index < -0.39 is 5.97 Å². The average molecular weight is 277 g/mol. The molecule has 1 aromatic rings. The SMILES string of the molecule is O=C(O)CCCCCOc1ccc(Cl)c(Cl)c1. The number of rotatable bonds is 7. The van der Waals surface area contributed by atoms with Crippen molar-refractivity contribution in [1.82, 2.24) is 0 Å². The van der Waals surface area contributed by atoms with Crippen molar-refractivity contribution in [1.29, 1.82) is 0 Å². The molecule has 0 radical (unpaired) electrons. The quantitative estimate of drug-likeness (QED) is 0.766. The highest BCUT2D eigenvalue weighted by atomic mass is 35.5. The van der Waals surface area contributed by atoms with Crippen LogP contribution in [0.2, 0.25) is 10.0 Å². The molecule has 0 aliphatic rings. The third kappa shape index (κ3) is 5.80. The summed E-state index contributed by atoms with van der Waals surface area (Å²) in [6.07, 6.45) is 2.56. The lowest BCUT2D eigenvalue weighted by Crippen LogP contribution is -1.99. The van der Waals surface area contributed by atoms with Crippen LogP contribution in [0, 0.1) is 0 Å². The minimum atomic E-state index is -0.754. The van der Waals surface area contributed by atoms with Crippen LogP contribution in [-0.2, 0) is 4.79 Å². The van der Waals surface area contributed by atoms with Crippen LogP contribution >= 0.6 is 23.2 Å². The van der Waals surface area contributed by atoms with Gasteiger partial charge in [-0.1, -0.05) is 23.2 Å². The van der Waals surface area contributed by atoms with Crippen LogP contribution in [0.4, 0.5) is 0 Å². The number of carboxylic acids is 1. The fraction of sp³-hybridized carbons (Fsp3) is 0.417. The van der Waals surface area contributed by atoms with E-state index in [2.05, 4.69) is 0 Å². The highest BCUT2D eigenvalue weighted by molar-refractivity contribution is 6.42. The minimum absolute atomic E-state index is 0.215. The van der Waals surface area contributed by atoms with Gasteiger partial charge < -0.3 is 9.84 Å². The molecule has 0 saturated carbocycles. The number of hydrogen-bond donors (Lipinski definition) is 1. The van der Waals surface area contributed by atoms with E-state index in [1.54, 1.807) is 18.2 Å². The summed E-state index contributed by atoms with van der Waals surface area (Å²) >= 11 is 11.6. The molecule has 0 atom stereocenters. The van der Waals surface area contributed by atoms with E-state index in [1.807, 2.05) is 0 Å².